The van der Waals surface area contributed by atoms with Crippen molar-refractivity contribution in [1.29, 1.82) is 0 Å². The zero-order chi connectivity index (χ0) is 24.8. The summed E-state index contributed by atoms with van der Waals surface area (Å²) < 4.78 is 0. The maximum absolute atomic E-state index is 7.75. The third kappa shape index (κ3) is 7.80. The van der Waals surface area contributed by atoms with Crippen molar-refractivity contribution in [3.63, 3.8) is 0 Å². The van der Waals surface area contributed by atoms with E-state index in [-0.39, 0.29) is 0 Å². The number of pyridine rings is 1. The molecule has 0 saturated carbocycles. The first-order valence-electron chi connectivity index (χ1n) is 11.9. The van der Waals surface area contributed by atoms with Crippen LogP contribution in [0.2, 0.25) is 0 Å². The summed E-state index contributed by atoms with van der Waals surface area (Å²) in [6, 6.07) is 6.93. The fraction of sp³-hybridized carbons (Fsp3) is 0.769. The fourth-order valence-corrected chi connectivity index (χ4v) is 15.0. The molecule has 2 nitrogen and oxygen atoms in total. The Hall–Kier alpha value is 0.593. The zero-order valence-corrected chi connectivity index (χ0v) is 26.2. The van der Waals surface area contributed by atoms with E-state index in [4.69, 9.17) is 9.78 Å². The maximum atomic E-state index is 7.75. The molecule has 2 fully saturated rings. The van der Waals surface area contributed by atoms with Gasteiger partial charge in [0.1, 0.15) is 12.3 Å². The number of halogens is 1. The van der Waals surface area contributed by atoms with Crippen LogP contribution in [-0.4, -0.2) is 32.4 Å². The second-order valence-corrected chi connectivity index (χ2v) is 20.2. The second kappa shape index (κ2) is 12.5. The van der Waals surface area contributed by atoms with Crippen molar-refractivity contribution in [3.05, 3.63) is 29.6 Å². The van der Waals surface area contributed by atoms with Gasteiger partial charge in [0.25, 0.3) is 0 Å². The summed E-state index contributed by atoms with van der Waals surface area (Å²) >= 11 is 1.62. The summed E-state index contributed by atoms with van der Waals surface area (Å²) in [4.78, 5) is 13.0. The molecule has 0 unspecified atom stereocenters. The Bertz CT molecular complexity index is 636. The quantitative estimate of drug-likeness (QED) is 0.154. The van der Waals surface area contributed by atoms with Gasteiger partial charge in [-0.3, -0.25) is 11.8 Å². The predicted molar refractivity (Wildman–Crippen MR) is 146 cm³/mol. The van der Waals surface area contributed by atoms with E-state index in [0.29, 0.717) is 20.6 Å². The second-order valence-electron chi connectivity index (χ2n) is 12.2. The molecule has 6 heteroatoms. The van der Waals surface area contributed by atoms with Crippen LogP contribution in [0.3, 0.4) is 0 Å². The summed E-state index contributed by atoms with van der Waals surface area (Å²) in [6.07, 6.45) is 10.9. The topological polar surface area (TPSA) is 30.0 Å². The van der Waals surface area contributed by atoms with Gasteiger partial charge in [-0.1, -0.05) is 6.07 Å². The molecule has 0 spiro atoms. The van der Waals surface area contributed by atoms with Gasteiger partial charge in [-0.15, -0.1) is 0 Å². The number of nitrogens with zero attached hydrogens (tertiary/aromatic N) is 1. The van der Waals surface area contributed by atoms with Crippen molar-refractivity contribution in [1.82, 2.24) is 4.98 Å². The number of carbonyl (C=O) groups excluding carboxylic acids is 1. The normalized spacial score (nSPS) is 23.8. The van der Waals surface area contributed by atoms with Crippen LogP contribution in [-0.2, 0) is 34.4 Å². The minimum absolute atomic E-state index is 0.501. The van der Waals surface area contributed by atoms with Crippen LogP contribution in [0.25, 0.3) is 0 Å². The summed E-state index contributed by atoms with van der Waals surface area (Å²) in [5, 5.41) is 2.07. The summed E-state index contributed by atoms with van der Waals surface area (Å²) in [7, 11) is 3.61. The van der Waals surface area contributed by atoms with Crippen LogP contribution in [0.15, 0.2) is 18.2 Å². The van der Waals surface area contributed by atoms with Gasteiger partial charge in [0.2, 0.25) is 0 Å². The molecule has 0 amide bonds. The van der Waals surface area contributed by atoms with Crippen molar-refractivity contribution in [2.75, 3.05) is 0 Å². The number of hydrogen-bond donors (Lipinski definition) is 0. The summed E-state index contributed by atoms with van der Waals surface area (Å²) in [6.45, 7) is 23.5. The number of aromatic nitrogens is 1. The molecule has 0 N–H and O–H groups in total. The predicted octanol–water partition coefficient (Wildman–Crippen LogP) is 8.14. The van der Waals surface area contributed by atoms with E-state index >= 15 is 0 Å². The third-order valence-corrected chi connectivity index (χ3v) is 17.0. The van der Waals surface area contributed by atoms with Crippen LogP contribution in [0, 0.1) is 0 Å². The first kappa shape index (κ1) is 30.6. The van der Waals surface area contributed by atoms with Crippen molar-refractivity contribution in [2.24, 2.45) is 0 Å². The molecule has 1 aromatic rings. The van der Waals surface area contributed by atoms with E-state index in [0.717, 1.165) is 0 Å². The molecular weight excluding hydrogens is 541 g/mol. The zero-order valence-electron chi connectivity index (χ0n) is 21.6. The van der Waals surface area contributed by atoms with Crippen molar-refractivity contribution >= 4 is 32.3 Å². The van der Waals surface area contributed by atoms with Gasteiger partial charge in [-0.2, -0.15) is 0 Å². The molecule has 2 saturated heterocycles. The minimum atomic E-state index is -0.501. The van der Waals surface area contributed by atoms with Crippen LogP contribution >= 0.6 is 25.5 Å². The first-order chi connectivity index (χ1) is 14.8. The van der Waals surface area contributed by atoms with Crippen LogP contribution in [0.5, 0.6) is 0 Å². The van der Waals surface area contributed by atoms with E-state index in [1.807, 2.05) is 0 Å². The molecule has 0 radical (unpaired) electrons. The molecule has 0 atom stereocenters. The van der Waals surface area contributed by atoms with Gasteiger partial charge in [0.15, 0.2) is 0 Å². The molecule has 0 aliphatic carbocycles. The van der Waals surface area contributed by atoms with Crippen molar-refractivity contribution in [3.8, 4) is 0 Å². The molecule has 1 aromatic heterocycles. The van der Waals surface area contributed by atoms with Gasteiger partial charge in [0.05, 0.1) is 32.0 Å². The fourth-order valence-electron chi connectivity index (χ4n) is 6.43. The van der Waals surface area contributed by atoms with Gasteiger partial charge >= 0.3 is 27.0 Å². The van der Waals surface area contributed by atoms with Crippen molar-refractivity contribution < 1.29 is 22.1 Å². The molecule has 0 aromatic carbocycles. The Kier molecular flexibility index (Phi) is 12.0. The van der Waals surface area contributed by atoms with E-state index < -0.39 is 15.8 Å². The molecule has 3 rings (SSSR count). The van der Waals surface area contributed by atoms with Gasteiger partial charge in [-0.25, -0.2) is 0 Å². The first-order valence-corrected chi connectivity index (χ1v) is 17.7. The molecule has 3 heterocycles. The number of rotatable bonds is 4. The molecule has 186 valence electrons. The summed E-state index contributed by atoms with van der Waals surface area (Å²) in [5.41, 5.74) is 2.76. The Balaban J connectivity index is 0.00000121. The van der Waals surface area contributed by atoms with Crippen LogP contribution in [0.1, 0.15) is 105 Å². The van der Waals surface area contributed by atoms with Gasteiger partial charge in [-0.05, 0) is 106 Å². The van der Waals surface area contributed by atoms with E-state index in [2.05, 4.69) is 90.1 Å². The molecular formula is C26H47ClNOP2Ru+. The Labute approximate surface area is 215 Å². The van der Waals surface area contributed by atoms with E-state index in [9.17, 15) is 0 Å². The Morgan fingerprint density at radius 1 is 0.750 bits per heavy atom. The average molecular weight is 588 g/mol. The Morgan fingerprint density at radius 3 is 1.31 bits per heavy atom. The number of hydrogen-bond acceptors (Lipinski definition) is 2. The van der Waals surface area contributed by atoms with E-state index in [1.165, 1.54) is 62.2 Å². The van der Waals surface area contributed by atoms with E-state index in [1.54, 1.807) is 17.3 Å². The van der Waals surface area contributed by atoms with Gasteiger partial charge < -0.3 is 4.79 Å². The van der Waals surface area contributed by atoms with Crippen LogP contribution in [0.4, 0.5) is 0 Å². The molecule has 2 aliphatic heterocycles. The molecule has 0 bridgehead atoms. The summed E-state index contributed by atoms with van der Waals surface area (Å²) in [5.74, 6) is 0. The van der Waals surface area contributed by atoms with Crippen LogP contribution < -0.4 is 0 Å². The third-order valence-electron chi connectivity index (χ3n) is 8.06. The average Bonchev–Trinajstić information content (AvgIpc) is 2.71. The molecule has 32 heavy (non-hydrogen) atoms. The SMILES string of the molecule is CC1(C)CCCC(C)(C)[PH+]1Cc1cccc(C[PH+]2C(C)(C)CCCC2(C)C)n1.[CH-]=O.[Cl][RuH]. The standard InChI is InChI=1S/C25H43NP2.CHO.ClH.Ru.H/c1-22(2)14-10-15-23(3,4)27(22)18-20-12-9-13-21(26-20)19-28-24(5,6)16-11-17-25(28,7)8;1-2;;;/h9,12-13H,10-11,14-19H2,1-8H3;1H;1H;;/q;-1;;+1;/p+1. The monoisotopic (exact) mass is 588 g/mol. The van der Waals surface area contributed by atoms with Crippen molar-refractivity contribution in [2.45, 2.75) is 127 Å². The molecule has 2 aliphatic rings. The Morgan fingerprint density at radius 2 is 1.03 bits per heavy atom. The van der Waals surface area contributed by atoms with Gasteiger partial charge in [0, 0.05) is 15.8 Å².